The highest BCUT2D eigenvalue weighted by molar-refractivity contribution is 7.91. The lowest BCUT2D eigenvalue weighted by atomic mass is 10.2. The number of hydrogen-bond acceptors (Lipinski definition) is 5. The molecule has 0 saturated carbocycles. The monoisotopic (exact) mass is 279 g/mol. The van der Waals surface area contributed by atoms with E-state index in [-0.39, 0.29) is 12.3 Å². The Labute approximate surface area is 106 Å². The van der Waals surface area contributed by atoms with E-state index in [0.717, 1.165) is 4.90 Å². The Balaban J connectivity index is 2.87. The number of carbonyl (C=O) groups is 2. The van der Waals surface area contributed by atoms with Crippen LogP contribution in [-0.4, -0.2) is 60.2 Å². The summed E-state index contributed by atoms with van der Waals surface area (Å²) in [6, 6.07) is -1.38. The molecule has 7 nitrogen and oxygen atoms in total. The van der Waals surface area contributed by atoms with Gasteiger partial charge in [0.25, 0.3) is 0 Å². The zero-order chi connectivity index (χ0) is 14.1. The fourth-order valence-corrected chi connectivity index (χ4v) is 3.00. The molecule has 1 atom stereocenters. The van der Waals surface area contributed by atoms with Gasteiger partial charge in [0, 0.05) is 6.54 Å². The molecule has 0 aromatic rings. The zero-order valence-electron chi connectivity index (χ0n) is 10.5. The van der Waals surface area contributed by atoms with E-state index in [1.807, 2.05) is 0 Å². The van der Waals surface area contributed by atoms with Crippen LogP contribution in [0.15, 0.2) is 0 Å². The normalized spacial score (nSPS) is 23.5. The Morgan fingerprint density at radius 1 is 1.33 bits per heavy atom. The molecule has 0 aromatic heterocycles. The lowest BCUT2D eigenvalue weighted by Crippen LogP contribution is -2.55. The number of sulfone groups is 1. The van der Waals surface area contributed by atoms with E-state index in [2.05, 4.69) is 0 Å². The summed E-state index contributed by atoms with van der Waals surface area (Å²) in [6.45, 7) is 4.80. The molecule has 0 aromatic carbocycles. The van der Waals surface area contributed by atoms with Gasteiger partial charge in [-0.3, -0.25) is 4.90 Å². The van der Waals surface area contributed by atoms with Crippen LogP contribution in [0, 0.1) is 0 Å². The number of rotatable bonds is 1. The van der Waals surface area contributed by atoms with Gasteiger partial charge in [-0.05, 0) is 20.8 Å². The maximum atomic E-state index is 11.8. The van der Waals surface area contributed by atoms with Crippen molar-refractivity contribution in [3.05, 3.63) is 0 Å². The van der Waals surface area contributed by atoms with Crippen molar-refractivity contribution < 1.29 is 27.9 Å². The minimum atomic E-state index is -3.42. The maximum absolute atomic E-state index is 11.8. The first kappa shape index (κ1) is 14.7. The topological polar surface area (TPSA) is 101 Å². The molecule has 1 fully saturated rings. The van der Waals surface area contributed by atoms with Gasteiger partial charge in [0.15, 0.2) is 9.84 Å². The van der Waals surface area contributed by atoms with Gasteiger partial charge in [0.2, 0.25) is 0 Å². The van der Waals surface area contributed by atoms with Crippen LogP contribution in [0.4, 0.5) is 4.79 Å². The third-order valence-electron chi connectivity index (χ3n) is 2.34. The summed E-state index contributed by atoms with van der Waals surface area (Å²) in [5.41, 5.74) is -0.754. The Kier molecular flexibility index (Phi) is 3.89. The predicted octanol–water partition coefficient (Wildman–Crippen LogP) is 0.105. The van der Waals surface area contributed by atoms with Crippen molar-refractivity contribution in [3.63, 3.8) is 0 Å². The average Bonchev–Trinajstić information content (AvgIpc) is 2.12. The molecule has 0 radical (unpaired) electrons. The number of carbonyl (C=O) groups excluding carboxylic acids is 1. The molecule has 1 saturated heterocycles. The first-order chi connectivity index (χ1) is 8.02. The lowest BCUT2D eigenvalue weighted by Gasteiger charge is -2.34. The molecule has 1 amide bonds. The van der Waals surface area contributed by atoms with Crippen molar-refractivity contribution >= 4 is 21.9 Å². The van der Waals surface area contributed by atoms with Crippen molar-refractivity contribution in [2.45, 2.75) is 32.4 Å². The summed E-state index contributed by atoms with van der Waals surface area (Å²) < 4.78 is 27.8. The van der Waals surface area contributed by atoms with Crippen LogP contribution in [0.5, 0.6) is 0 Å². The van der Waals surface area contributed by atoms with E-state index in [1.165, 1.54) is 0 Å². The summed E-state index contributed by atoms with van der Waals surface area (Å²) >= 11 is 0. The fraction of sp³-hybridized carbons (Fsp3) is 0.800. The van der Waals surface area contributed by atoms with Crippen LogP contribution in [0.1, 0.15) is 20.8 Å². The molecule has 104 valence electrons. The van der Waals surface area contributed by atoms with Crippen molar-refractivity contribution in [1.29, 1.82) is 0 Å². The number of aliphatic carboxylic acids is 1. The zero-order valence-corrected chi connectivity index (χ0v) is 11.4. The van der Waals surface area contributed by atoms with Gasteiger partial charge < -0.3 is 9.84 Å². The van der Waals surface area contributed by atoms with Gasteiger partial charge in [-0.2, -0.15) is 0 Å². The third-order valence-corrected chi connectivity index (χ3v) is 3.97. The molecular formula is C10H17NO6S. The second kappa shape index (κ2) is 4.75. The smallest absolute Gasteiger partial charge is 0.411 e. The molecule has 1 unspecified atom stereocenters. The molecule has 1 aliphatic heterocycles. The largest absolute Gasteiger partial charge is 0.480 e. The van der Waals surface area contributed by atoms with E-state index in [4.69, 9.17) is 9.84 Å². The van der Waals surface area contributed by atoms with Crippen LogP contribution >= 0.6 is 0 Å². The standard InChI is InChI=1S/C10H17NO6S/c1-10(2,3)17-9(14)11-4-5-18(15,16)6-7(11)8(12)13/h7H,4-6H2,1-3H3,(H,12,13). The average molecular weight is 279 g/mol. The number of carboxylic acid groups (broad SMARTS) is 1. The van der Waals surface area contributed by atoms with E-state index in [1.54, 1.807) is 20.8 Å². The summed E-state index contributed by atoms with van der Waals surface area (Å²) in [4.78, 5) is 23.7. The second-order valence-electron chi connectivity index (χ2n) is 5.14. The van der Waals surface area contributed by atoms with Crippen molar-refractivity contribution in [2.75, 3.05) is 18.1 Å². The Hall–Kier alpha value is -1.31. The molecule has 18 heavy (non-hydrogen) atoms. The van der Waals surface area contributed by atoms with Crippen LogP contribution < -0.4 is 0 Å². The van der Waals surface area contributed by atoms with E-state index < -0.39 is 39.3 Å². The molecule has 0 bridgehead atoms. The molecule has 0 spiro atoms. The van der Waals surface area contributed by atoms with Gasteiger partial charge in [-0.1, -0.05) is 0 Å². The van der Waals surface area contributed by atoms with Crippen molar-refractivity contribution in [1.82, 2.24) is 4.90 Å². The summed E-state index contributed by atoms with van der Waals surface area (Å²) in [7, 11) is -3.42. The molecule has 1 heterocycles. The Morgan fingerprint density at radius 2 is 1.89 bits per heavy atom. The maximum Gasteiger partial charge on any atom is 0.411 e. The third kappa shape index (κ3) is 3.86. The van der Waals surface area contributed by atoms with Crippen molar-refractivity contribution in [2.24, 2.45) is 0 Å². The van der Waals surface area contributed by atoms with E-state index >= 15 is 0 Å². The summed E-state index contributed by atoms with van der Waals surface area (Å²) in [5.74, 6) is -2.15. The minimum absolute atomic E-state index is 0.159. The Morgan fingerprint density at radius 3 is 2.33 bits per heavy atom. The number of ether oxygens (including phenoxy) is 1. The first-order valence-electron chi connectivity index (χ1n) is 5.45. The second-order valence-corrected chi connectivity index (χ2v) is 7.37. The highest BCUT2D eigenvalue weighted by atomic mass is 32.2. The van der Waals surface area contributed by atoms with Crippen molar-refractivity contribution in [3.8, 4) is 0 Å². The molecule has 1 rings (SSSR count). The fourth-order valence-electron chi connectivity index (χ4n) is 1.55. The molecule has 1 aliphatic rings. The van der Waals surface area contributed by atoms with Crippen LogP contribution in [0.2, 0.25) is 0 Å². The van der Waals surface area contributed by atoms with Gasteiger partial charge in [0.05, 0.1) is 11.5 Å². The number of carboxylic acids is 1. The lowest BCUT2D eigenvalue weighted by molar-refractivity contribution is -0.142. The SMILES string of the molecule is CC(C)(C)OC(=O)N1CCS(=O)(=O)CC1C(=O)O. The molecule has 8 heteroatoms. The van der Waals surface area contributed by atoms with Crippen LogP contribution in [0.25, 0.3) is 0 Å². The van der Waals surface area contributed by atoms with Gasteiger partial charge in [-0.15, -0.1) is 0 Å². The number of amides is 1. The summed E-state index contributed by atoms with van der Waals surface area (Å²) in [6.07, 6.45) is -0.801. The highest BCUT2D eigenvalue weighted by Crippen LogP contribution is 2.17. The van der Waals surface area contributed by atoms with Crippen LogP contribution in [0.3, 0.4) is 0 Å². The first-order valence-corrected chi connectivity index (χ1v) is 7.27. The Bertz CT molecular complexity index is 449. The van der Waals surface area contributed by atoms with Gasteiger partial charge in [0.1, 0.15) is 11.6 Å². The minimum Gasteiger partial charge on any atom is -0.480 e. The highest BCUT2D eigenvalue weighted by Gasteiger charge is 2.40. The van der Waals surface area contributed by atoms with E-state index in [0.29, 0.717) is 0 Å². The molecule has 0 aliphatic carbocycles. The quantitative estimate of drug-likeness (QED) is 0.730. The van der Waals surface area contributed by atoms with Crippen LogP contribution in [-0.2, 0) is 19.4 Å². The summed E-state index contributed by atoms with van der Waals surface area (Å²) in [5, 5.41) is 8.97. The number of hydrogen-bond donors (Lipinski definition) is 1. The number of nitrogens with zero attached hydrogens (tertiary/aromatic N) is 1. The van der Waals surface area contributed by atoms with Gasteiger partial charge in [-0.25, -0.2) is 18.0 Å². The van der Waals surface area contributed by atoms with E-state index in [9.17, 15) is 18.0 Å². The van der Waals surface area contributed by atoms with Gasteiger partial charge >= 0.3 is 12.1 Å². The predicted molar refractivity (Wildman–Crippen MR) is 63.0 cm³/mol. The molecule has 1 N–H and O–H groups in total. The molecular weight excluding hydrogens is 262 g/mol.